The van der Waals surface area contributed by atoms with E-state index in [0.717, 1.165) is 24.1 Å². The van der Waals surface area contributed by atoms with Crippen LogP contribution in [0, 0.1) is 6.92 Å². The number of nitrogens with zero attached hydrogens (tertiary/aromatic N) is 1. The predicted molar refractivity (Wildman–Crippen MR) is 72.1 cm³/mol. The predicted octanol–water partition coefficient (Wildman–Crippen LogP) is 2.84. The monoisotopic (exact) mass is 234 g/mol. The van der Waals surface area contributed by atoms with E-state index in [1.54, 1.807) is 6.07 Å². The molecule has 0 bridgehead atoms. The summed E-state index contributed by atoms with van der Waals surface area (Å²) in [4.78, 5) is 14.3. The average Bonchev–Trinajstić information content (AvgIpc) is 2.29. The number of hydrogen-bond acceptors (Lipinski definition) is 2. The molecule has 0 saturated heterocycles. The van der Waals surface area contributed by atoms with E-state index in [1.807, 2.05) is 30.9 Å². The Labute approximate surface area is 104 Å². The summed E-state index contributed by atoms with van der Waals surface area (Å²) in [5.41, 5.74) is 8.09. The molecule has 1 aromatic carbocycles. The summed E-state index contributed by atoms with van der Waals surface area (Å²) >= 11 is 0. The first-order valence-corrected chi connectivity index (χ1v) is 6.18. The molecule has 3 nitrogen and oxygen atoms in total. The lowest BCUT2D eigenvalue weighted by atomic mass is 10.1. The van der Waals surface area contributed by atoms with Crippen LogP contribution in [0.5, 0.6) is 0 Å². The first-order valence-electron chi connectivity index (χ1n) is 6.18. The highest BCUT2D eigenvalue weighted by atomic mass is 16.2. The van der Waals surface area contributed by atoms with Crippen molar-refractivity contribution in [2.24, 2.45) is 0 Å². The molecule has 3 heteroatoms. The van der Waals surface area contributed by atoms with Gasteiger partial charge in [0.2, 0.25) is 0 Å². The zero-order chi connectivity index (χ0) is 13.0. The Morgan fingerprint density at radius 2 is 2.06 bits per heavy atom. The first-order chi connectivity index (χ1) is 8.01. The Hall–Kier alpha value is -1.51. The van der Waals surface area contributed by atoms with Crippen LogP contribution in [0.2, 0.25) is 0 Å². The molecule has 1 aromatic rings. The van der Waals surface area contributed by atoms with E-state index >= 15 is 0 Å². The average molecular weight is 234 g/mol. The summed E-state index contributed by atoms with van der Waals surface area (Å²) < 4.78 is 0. The number of rotatable bonds is 4. The van der Waals surface area contributed by atoms with Gasteiger partial charge in [0.15, 0.2) is 0 Å². The van der Waals surface area contributed by atoms with Gasteiger partial charge in [-0.15, -0.1) is 0 Å². The number of aryl methyl sites for hydroxylation is 1. The summed E-state index contributed by atoms with van der Waals surface area (Å²) in [6, 6.07) is 5.71. The summed E-state index contributed by atoms with van der Waals surface area (Å²) in [5, 5.41) is 0. The minimum Gasteiger partial charge on any atom is -0.399 e. The highest BCUT2D eigenvalue weighted by Gasteiger charge is 2.19. The molecule has 0 aliphatic rings. The van der Waals surface area contributed by atoms with Crippen LogP contribution < -0.4 is 5.73 Å². The number of carbonyl (C=O) groups is 1. The van der Waals surface area contributed by atoms with Gasteiger partial charge in [-0.1, -0.05) is 6.92 Å². The minimum absolute atomic E-state index is 0.0966. The molecule has 0 spiro atoms. The molecule has 0 aliphatic heterocycles. The molecule has 1 atom stereocenters. The van der Waals surface area contributed by atoms with Gasteiger partial charge in [0, 0.05) is 23.8 Å². The molecule has 0 radical (unpaired) electrons. The number of anilines is 1. The Morgan fingerprint density at radius 1 is 1.41 bits per heavy atom. The second-order valence-corrected chi connectivity index (χ2v) is 4.42. The van der Waals surface area contributed by atoms with E-state index in [4.69, 9.17) is 5.73 Å². The molecule has 94 valence electrons. The van der Waals surface area contributed by atoms with Gasteiger partial charge in [0.1, 0.15) is 0 Å². The third-order valence-electron chi connectivity index (χ3n) is 3.21. The van der Waals surface area contributed by atoms with E-state index in [1.165, 1.54) is 0 Å². The van der Waals surface area contributed by atoms with Crippen molar-refractivity contribution < 1.29 is 4.79 Å². The summed E-state index contributed by atoms with van der Waals surface area (Å²) in [6.45, 7) is 8.84. The fourth-order valence-corrected chi connectivity index (χ4v) is 1.96. The van der Waals surface area contributed by atoms with Gasteiger partial charge >= 0.3 is 0 Å². The van der Waals surface area contributed by atoms with Gasteiger partial charge in [-0.05, 0) is 51.0 Å². The van der Waals surface area contributed by atoms with Crippen LogP contribution in [0.15, 0.2) is 18.2 Å². The Morgan fingerprint density at radius 3 is 2.53 bits per heavy atom. The molecule has 0 saturated carbocycles. The molecule has 1 amide bonds. The molecular formula is C14H22N2O. The summed E-state index contributed by atoms with van der Waals surface area (Å²) in [7, 11) is 0. The Balaban J connectivity index is 3.02. The van der Waals surface area contributed by atoms with Crippen molar-refractivity contribution in [3.05, 3.63) is 29.3 Å². The molecule has 0 heterocycles. The zero-order valence-electron chi connectivity index (χ0n) is 11.2. The maximum Gasteiger partial charge on any atom is 0.254 e. The van der Waals surface area contributed by atoms with Crippen molar-refractivity contribution >= 4 is 11.6 Å². The summed E-state index contributed by atoms with van der Waals surface area (Å²) in [5.74, 6) is 0.0966. The molecule has 0 aromatic heterocycles. The van der Waals surface area contributed by atoms with Crippen molar-refractivity contribution in [1.82, 2.24) is 4.90 Å². The van der Waals surface area contributed by atoms with Crippen LogP contribution in [0.1, 0.15) is 43.1 Å². The molecule has 17 heavy (non-hydrogen) atoms. The van der Waals surface area contributed by atoms with E-state index in [-0.39, 0.29) is 11.9 Å². The maximum absolute atomic E-state index is 12.4. The molecule has 1 unspecified atom stereocenters. The van der Waals surface area contributed by atoms with Crippen molar-refractivity contribution in [2.45, 2.75) is 40.2 Å². The quantitative estimate of drug-likeness (QED) is 0.814. The van der Waals surface area contributed by atoms with Gasteiger partial charge < -0.3 is 10.6 Å². The van der Waals surface area contributed by atoms with Crippen LogP contribution in [0.4, 0.5) is 5.69 Å². The normalized spacial score (nSPS) is 12.2. The highest BCUT2D eigenvalue weighted by molar-refractivity contribution is 5.96. The van der Waals surface area contributed by atoms with Crippen molar-refractivity contribution in [2.75, 3.05) is 12.3 Å². The lowest BCUT2D eigenvalue weighted by Crippen LogP contribution is -2.38. The number of benzene rings is 1. The smallest absolute Gasteiger partial charge is 0.254 e. The topological polar surface area (TPSA) is 46.3 Å². The van der Waals surface area contributed by atoms with Crippen LogP contribution in [-0.4, -0.2) is 23.4 Å². The molecule has 0 aliphatic carbocycles. The van der Waals surface area contributed by atoms with Crippen LogP contribution in [0.3, 0.4) is 0 Å². The van der Waals surface area contributed by atoms with Gasteiger partial charge in [-0.2, -0.15) is 0 Å². The fourth-order valence-electron chi connectivity index (χ4n) is 1.96. The van der Waals surface area contributed by atoms with Gasteiger partial charge in [0.25, 0.3) is 5.91 Å². The molecule has 2 N–H and O–H groups in total. The number of hydrogen-bond donors (Lipinski definition) is 1. The lowest BCUT2D eigenvalue weighted by Gasteiger charge is -2.28. The third-order valence-corrected chi connectivity index (χ3v) is 3.21. The lowest BCUT2D eigenvalue weighted by molar-refractivity contribution is 0.0699. The third kappa shape index (κ3) is 2.99. The van der Waals surface area contributed by atoms with Gasteiger partial charge in [-0.3, -0.25) is 4.79 Å². The number of nitrogens with two attached hydrogens (primary N) is 1. The van der Waals surface area contributed by atoms with E-state index < -0.39 is 0 Å². The van der Waals surface area contributed by atoms with Crippen molar-refractivity contribution in [3.63, 3.8) is 0 Å². The molecule has 0 fully saturated rings. The van der Waals surface area contributed by atoms with E-state index in [9.17, 15) is 4.79 Å². The maximum atomic E-state index is 12.4. The number of carbonyl (C=O) groups excluding carboxylic acids is 1. The van der Waals surface area contributed by atoms with E-state index in [0.29, 0.717) is 5.69 Å². The molecular weight excluding hydrogens is 212 g/mol. The minimum atomic E-state index is 0.0966. The van der Waals surface area contributed by atoms with Gasteiger partial charge in [0.05, 0.1) is 0 Å². The SMILES string of the molecule is CCC(C)N(CC)C(=O)c1ccc(N)cc1C. The second-order valence-electron chi connectivity index (χ2n) is 4.42. The first kappa shape index (κ1) is 13.6. The van der Waals surface area contributed by atoms with Crippen LogP contribution in [0.25, 0.3) is 0 Å². The van der Waals surface area contributed by atoms with Crippen LogP contribution >= 0.6 is 0 Å². The highest BCUT2D eigenvalue weighted by Crippen LogP contribution is 2.16. The van der Waals surface area contributed by atoms with Gasteiger partial charge in [-0.25, -0.2) is 0 Å². The zero-order valence-corrected chi connectivity index (χ0v) is 11.2. The number of nitrogen functional groups attached to an aromatic ring is 1. The van der Waals surface area contributed by atoms with Crippen molar-refractivity contribution in [1.29, 1.82) is 0 Å². The van der Waals surface area contributed by atoms with E-state index in [2.05, 4.69) is 13.8 Å². The number of amides is 1. The van der Waals surface area contributed by atoms with Crippen molar-refractivity contribution in [3.8, 4) is 0 Å². The fraction of sp³-hybridized carbons (Fsp3) is 0.500. The second kappa shape index (κ2) is 5.71. The molecule has 1 rings (SSSR count). The Kier molecular flexibility index (Phi) is 4.55. The summed E-state index contributed by atoms with van der Waals surface area (Å²) in [6.07, 6.45) is 0.966. The standard InChI is InChI=1S/C14H22N2O/c1-5-11(4)16(6-2)14(17)13-8-7-12(15)9-10(13)3/h7-9,11H,5-6,15H2,1-4H3. The Bertz CT molecular complexity index is 401. The largest absolute Gasteiger partial charge is 0.399 e. The van der Waals surface area contributed by atoms with Crippen LogP contribution in [-0.2, 0) is 0 Å².